The Bertz CT molecular complexity index is 1190. The Balaban J connectivity index is 1.47. The maximum Gasteiger partial charge on any atom is 0.398 e. The molecule has 1 unspecified atom stereocenters. The number of hydrogen-bond acceptors (Lipinski definition) is 1. The van der Waals surface area contributed by atoms with Crippen LogP contribution in [0.4, 0.5) is 13.2 Å². The lowest BCUT2D eigenvalue weighted by Gasteiger charge is -2.34. The van der Waals surface area contributed by atoms with Crippen molar-refractivity contribution in [2.45, 2.75) is 77.3 Å². The standard InChI is InChI=1S/C31H35F3O/c1-21-9-13-24(14-10-21)35-18-8-6-7-17-30(5,31(32,33)34)23-12-16-26-25-15-11-22(2)19-27(25)29(3,4)28(26)20-23/h9-16,19-20H,6-8,17-18H2,1-5H3. The monoisotopic (exact) mass is 480 g/mol. The fourth-order valence-corrected chi connectivity index (χ4v) is 5.23. The zero-order chi connectivity index (χ0) is 25.4. The highest BCUT2D eigenvalue weighted by Gasteiger charge is 2.52. The van der Waals surface area contributed by atoms with Crippen LogP contribution < -0.4 is 4.74 Å². The molecule has 0 heterocycles. The lowest BCUT2D eigenvalue weighted by Crippen LogP contribution is -2.39. The van der Waals surface area contributed by atoms with Crippen molar-refractivity contribution in [2.24, 2.45) is 0 Å². The molecule has 0 saturated carbocycles. The molecule has 3 aromatic carbocycles. The molecule has 4 rings (SSSR count). The summed E-state index contributed by atoms with van der Waals surface area (Å²) in [4.78, 5) is 0. The second-order valence-electron chi connectivity index (χ2n) is 10.7. The zero-order valence-electron chi connectivity index (χ0n) is 21.4. The summed E-state index contributed by atoms with van der Waals surface area (Å²) in [6, 6.07) is 19.6. The van der Waals surface area contributed by atoms with Crippen LogP contribution in [0.25, 0.3) is 11.1 Å². The summed E-state index contributed by atoms with van der Waals surface area (Å²) in [7, 11) is 0. The summed E-state index contributed by atoms with van der Waals surface area (Å²) < 4.78 is 49.1. The number of hydrogen-bond donors (Lipinski definition) is 0. The summed E-state index contributed by atoms with van der Waals surface area (Å²) in [6.07, 6.45) is -2.35. The van der Waals surface area contributed by atoms with Crippen LogP contribution in [0.2, 0.25) is 0 Å². The van der Waals surface area contributed by atoms with Crippen LogP contribution in [0.15, 0.2) is 60.7 Å². The van der Waals surface area contributed by atoms with Gasteiger partial charge in [0.2, 0.25) is 0 Å². The molecule has 0 aliphatic heterocycles. The van der Waals surface area contributed by atoms with Gasteiger partial charge in [0.15, 0.2) is 0 Å². The van der Waals surface area contributed by atoms with Crippen molar-refractivity contribution in [3.8, 4) is 16.9 Å². The van der Waals surface area contributed by atoms with Crippen LogP contribution in [0.5, 0.6) is 5.75 Å². The first-order chi connectivity index (χ1) is 16.4. The Morgan fingerprint density at radius 1 is 0.743 bits per heavy atom. The van der Waals surface area contributed by atoms with E-state index in [9.17, 15) is 13.2 Å². The zero-order valence-corrected chi connectivity index (χ0v) is 21.4. The van der Waals surface area contributed by atoms with Gasteiger partial charge in [0.1, 0.15) is 5.75 Å². The van der Waals surface area contributed by atoms with E-state index in [4.69, 9.17) is 4.74 Å². The lowest BCUT2D eigenvalue weighted by atomic mass is 9.74. The van der Waals surface area contributed by atoms with E-state index in [2.05, 4.69) is 39.0 Å². The van der Waals surface area contributed by atoms with E-state index in [1.165, 1.54) is 12.5 Å². The Kier molecular flexibility index (Phi) is 6.78. The van der Waals surface area contributed by atoms with Crippen LogP contribution in [-0.2, 0) is 10.8 Å². The largest absolute Gasteiger partial charge is 0.494 e. The molecule has 0 N–H and O–H groups in total. The third-order valence-electron chi connectivity index (χ3n) is 7.71. The highest BCUT2D eigenvalue weighted by Crippen LogP contribution is 2.52. The number of alkyl halides is 3. The van der Waals surface area contributed by atoms with Crippen molar-refractivity contribution in [1.82, 2.24) is 0 Å². The molecule has 1 nitrogen and oxygen atoms in total. The lowest BCUT2D eigenvalue weighted by molar-refractivity contribution is -0.188. The molecule has 35 heavy (non-hydrogen) atoms. The number of ether oxygens (including phenoxy) is 1. The van der Waals surface area contributed by atoms with E-state index in [1.54, 1.807) is 6.07 Å². The molecule has 0 radical (unpaired) electrons. The van der Waals surface area contributed by atoms with Gasteiger partial charge in [0.05, 0.1) is 12.0 Å². The van der Waals surface area contributed by atoms with Gasteiger partial charge in [-0.05, 0) is 73.6 Å². The predicted molar refractivity (Wildman–Crippen MR) is 137 cm³/mol. The Morgan fingerprint density at radius 3 is 2.00 bits per heavy atom. The smallest absolute Gasteiger partial charge is 0.398 e. The summed E-state index contributed by atoms with van der Waals surface area (Å²) in [5.74, 6) is 0.799. The number of rotatable bonds is 8. The molecule has 0 fully saturated rings. The van der Waals surface area contributed by atoms with Gasteiger partial charge in [0, 0.05) is 5.41 Å². The maximum absolute atomic E-state index is 14.5. The summed E-state index contributed by atoms with van der Waals surface area (Å²) >= 11 is 0. The second-order valence-corrected chi connectivity index (χ2v) is 10.7. The van der Waals surface area contributed by atoms with Crippen LogP contribution in [-0.4, -0.2) is 12.8 Å². The minimum absolute atomic E-state index is 0.0618. The second kappa shape index (κ2) is 9.37. The quantitative estimate of drug-likeness (QED) is 0.292. The molecule has 186 valence electrons. The van der Waals surface area contributed by atoms with Gasteiger partial charge < -0.3 is 4.74 Å². The Morgan fingerprint density at radius 2 is 1.34 bits per heavy atom. The highest BCUT2D eigenvalue weighted by atomic mass is 19.4. The summed E-state index contributed by atoms with van der Waals surface area (Å²) in [5.41, 5.74) is 4.82. The van der Waals surface area contributed by atoms with Crippen LogP contribution in [0.1, 0.15) is 74.3 Å². The van der Waals surface area contributed by atoms with Gasteiger partial charge in [-0.3, -0.25) is 0 Å². The third-order valence-corrected chi connectivity index (χ3v) is 7.71. The molecule has 0 bridgehead atoms. The molecule has 0 spiro atoms. The first-order valence-electron chi connectivity index (χ1n) is 12.5. The van der Waals surface area contributed by atoms with Crippen molar-refractivity contribution in [3.05, 3.63) is 88.5 Å². The molecule has 1 atom stereocenters. The third kappa shape index (κ3) is 4.85. The molecule has 0 amide bonds. The average Bonchev–Trinajstić information content (AvgIpc) is 3.02. The maximum atomic E-state index is 14.5. The summed E-state index contributed by atoms with van der Waals surface area (Å²) in [6.45, 7) is 10.2. The van der Waals surface area contributed by atoms with Crippen LogP contribution in [0, 0.1) is 13.8 Å². The normalized spacial score (nSPS) is 15.9. The predicted octanol–water partition coefficient (Wildman–Crippen LogP) is 9.07. The Hall–Kier alpha value is -2.75. The van der Waals surface area contributed by atoms with Crippen molar-refractivity contribution in [2.75, 3.05) is 6.61 Å². The van der Waals surface area contributed by atoms with Crippen molar-refractivity contribution in [3.63, 3.8) is 0 Å². The first-order valence-corrected chi connectivity index (χ1v) is 12.5. The summed E-state index contributed by atoms with van der Waals surface area (Å²) in [5, 5.41) is 0. The van der Waals surface area contributed by atoms with E-state index >= 15 is 0 Å². The number of aryl methyl sites for hydroxylation is 2. The minimum Gasteiger partial charge on any atom is -0.494 e. The van der Waals surface area contributed by atoms with E-state index in [-0.39, 0.29) is 11.8 Å². The van der Waals surface area contributed by atoms with Crippen molar-refractivity contribution in [1.29, 1.82) is 0 Å². The number of benzene rings is 3. The van der Waals surface area contributed by atoms with Crippen LogP contribution >= 0.6 is 0 Å². The van der Waals surface area contributed by atoms with E-state index in [1.807, 2.05) is 43.3 Å². The molecule has 1 aliphatic rings. The SMILES string of the molecule is Cc1ccc(OCCCCCC(C)(c2ccc3c(c2)C(C)(C)c2cc(C)ccc2-3)C(F)(F)F)cc1. The average molecular weight is 481 g/mol. The molecule has 0 aromatic heterocycles. The van der Waals surface area contributed by atoms with Crippen LogP contribution in [0.3, 0.4) is 0 Å². The molecular weight excluding hydrogens is 445 g/mol. The van der Waals surface area contributed by atoms with E-state index in [0.717, 1.165) is 40.0 Å². The van der Waals surface area contributed by atoms with Crippen molar-refractivity contribution < 1.29 is 17.9 Å². The Labute approximate surface area is 207 Å². The first kappa shape index (κ1) is 25.3. The molecule has 0 saturated heterocycles. The minimum atomic E-state index is -4.33. The highest BCUT2D eigenvalue weighted by molar-refractivity contribution is 5.81. The number of fused-ring (bicyclic) bond motifs is 3. The van der Waals surface area contributed by atoms with Gasteiger partial charge in [-0.25, -0.2) is 0 Å². The molecule has 4 heteroatoms. The van der Waals surface area contributed by atoms with E-state index in [0.29, 0.717) is 25.0 Å². The molecule has 1 aliphatic carbocycles. The molecular formula is C31H35F3O. The van der Waals surface area contributed by atoms with Gasteiger partial charge in [0.25, 0.3) is 0 Å². The topological polar surface area (TPSA) is 9.23 Å². The number of unbranched alkanes of at least 4 members (excludes halogenated alkanes) is 2. The fourth-order valence-electron chi connectivity index (χ4n) is 5.23. The van der Waals surface area contributed by atoms with Gasteiger partial charge in [-0.2, -0.15) is 13.2 Å². The van der Waals surface area contributed by atoms with Crippen molar-refractivity contribution >= 4 is 0 Å². The van der Waals surface area contributed by atoms with Gasteiger partial charge in [-0.1, -0.05) is 86.3 Å². The van der Waals surface area contributed by atoms with E-state index < -0.39 is 11.6 Å². The fraction of sp³-hybridized carbons (Fsp3) is 0.419. The molecule has 3 aromatic rings. The van der Waals surface area contributed by atoms with Gasteiger partial charge >= 0.3 is 6.18 Å². The van der Waals surface area contributed by atoms with Gasteiger partial charge in [-0.15, -0.1) is 0 Å². The number of halogens is 3.